The molecular weight excluding hydrogens is 314 g/mol. The van der Waals surface area contributed by atoms with Gasteiger partial charge in [-0.15, -0.1) is 0 Å². The van der Waals surface area contributed by atoms with Crippen molar-refractivity contribution in [2.24, 2.45) is 5.41 Å². The molecule has 2 aromatic rings. The minimum Gasteiger partial charge on any atom is -0.444 e. The summed E-state index contributed by atoms with van der Waals surface area (Å²) in [4.78, 5) is 15.2. The Morgan fingerprint density at radius 2 is 1.88 bits per heavy atom. The van der Waals surface area contributed by atoms with Crippen LogP contribution in [0.5, 0.6) is 0 Å². The second kappa shape index (κ2) is 7.48. The predicted octanol–water partition coefficient (Wildman–Crippen LogP) is 4.20. The van der Waals surface area contributed by atoms with Crippen molar-refractivity contribution >= 4 is 17.0 Å². The highest BCUT2D eigenvalue weighted by atomic mass is 16.6. The number of benzene rings is 1. The molecule has 138 valence electrons. The molecule has 0 fully saturated rings. The van der Waals surface area contributed by atoms with Gasteiger partial charge in [-0.05, 0) is 43.2 Å². The lowest BCUT2D eigenvalue weighted by Gasteiger charge is -2.32. The number of fused-ring (bicyclic) bond motifs is 1. The van der Waals surface area contributed by atoms with Gasteiger partial charge in [0.25, 0.3) is 0 Å². The maximum atomic E-state index is 11.9. The Bertz CT molecular complexity index is 708. The van der Waals surface area contributed by atoms with Gasteiger partial charge in [0.2, 0.25) is 0 Å². The largest absolute Gasteiger partial charge is 0.444 e. The van der Waals surface area contributed by atoms with E-state index in [1.165, 1.54) is 10.9 Å². The Morgan fingerprint density at radius 3 is 2.52 bits per heavy atom. The number of para-hydroxylation sites is 1. The molecule has 1 heterocycles. The smallest absolute Gasteiger partial charge is 0.407 e. The first-order chi connectivity index (χ1) is 11.6. The minimum absolute atomic E-state index is 0.00135. The molecule has 5 nitrogen and oxygen atoms in total. The summed E-state index contributed by atoms with van der Waals surface area (Å²) < 4.78 is 5.33. The minimum atomic E-state index is -0.488. The Labute approximate surface area is 150 Å². The Hall–Kier alpha value is -2.01. The lowest BCUT2D eigenvalue weighted by Crippen LogP contribution is -2.49. The van der Waals surface area contributed by atoms with E-state index in [-0.39, 0.29) is 17.6 Å². The van der Waals surface area contributed by atoms with Crippen LogP contribution in [0.3, 0.4) is 0 Å². The average molecular weight is 345 g/mol. The normalized spacial score (nSPS) is 13.7. The summed E-state index contributed by atoms with van der Waals surface area (Å²) in [7, 11) is 0. The van der Waals surface area contributed by atoms with Crippen LogP contribution in [-0.4, -0.2) is 29.3 Å². The maximum absolute atomic E-state index is 11.9. The van der Waals surface area contributed by atoms with Crippen LogP contribution in [0, 0.1) is 5.41 Å². The third-order valence-electron chi connectivity index (χ3n) is 4.11. The van der Waals surface area contributed by atoms with Crippen molar-refractivity contribution in [3.05, 3.63) is 36.0 Å². The van der Waals surface area contributed by atoms with Crippen molar-refractivity contribution in [1.29, 1.82) is 0 Å². The molecular formula is C20H31N3O2. The summed E-state index contributed by atoms with van der Waals surface area (Å²) in [6.07, 6.45) is 1.58. The van der Waals surface area contributed by atoms with Gasteiger partial charge in [0.15, 0.2) is 0 Å². The summed E-state index contributed by atoms with van der Waals surface area (Å²) in [5.74, 6) is 0. The molecule has 1 aromatic carbocycles. The number of alkyl carbamates (subject to hydrolysis) is 1. The Morgan fingerprint density at radius 1 is 1.16 bits per heavy atom. The van der Waals surface area contributed by atoms with Gasteiger partial charge in [0.05, 0.1) is 0 Å². The van der Waals surface area contributed by atoms with E-state index in [2.05, 4.69) is 60.7 Å². The highest BCUT2D eigenvalue weighted by Gasteiger charge is 2.26. The topological polar surface area (TPSA) is 66.2 Å². The zero-order valence-corrected chi connectivity index (χ0v) is 16.2. The zero-order valence-electron chi connectivity index (χ0n) is 16.2. The van der Waals surface area contributed by atoms with Crippen LogP contribution in [-0.2, 0) is 11.3 Å². The fourth-order valence-corrected chi connectivity index (χ4v) is 2.71. The number of H-pyrrole nitrogens is 1. The fraction of sp³-hybridized carbons (Fsp3) is 0.550. The average Bonchev–Trinajstić information content (AvgIpc) is 2.92. The molecule has 0 saturated heterocycles. The molecule has 1 atom stereocenters. The van der Waals surface area contributed by atoms with Gasteiger partial charge < -0.3 is 20.4 Å². The van der Waals surface area contributed by atoms with E-state index in [1.54, 1.807) is 0 Å². The Balaban J connectivity index is 1.99. The molecule has 0 aliphatic heterocycles. The molecule has 0 saturated carbocycles. The summed E-state index contributed by atoms with van der Waals surface area (Å²) in [6.45, 7) is 13.3. The predicted molar refractivity (Wildman–Crippen MR) is 103 cm³/mol. The molecule has 1 amide bonds. The van der Waals surface area contributed by atoms with E-state index in [0.717, 1.165) is 12.1 Å². The van der Waals surface area contributed by atoms with Crippen LogP contribution in [0.1, 0.15) is 47.1 Å². The molecule has 0 aliphatic carbocycles. The molecule has 3 N–H and O–H groups in total. The summed E-state index contributed by atoms with van der Waals surface area (Å²) in [5, 5.41) is 7.68. The number of carbonyl (C=O) groups is 1. The summed E-state index contributed by atoms with van der Waals surface area (Å²) >= 11 is 0. The summed E-state index contributed by atoms with van der Waals surface area (Å²) in [6, 6.07) is 8.47. The Kier molecular flexibility index (Phi) is 5.78. The van der Waals surface area contributed by atoms with E-state index in [1.807, 2.05) is 27.0 Å². The van der Waals surface area contributed by atoms with E-state index in [0.29, 0.717) is 6.54 Å². The SMILES string of the molecule is CC(C)(C)OC(=O)NC[C@@H](NCc1cccc2cc[nH]c12)C(C)(C)C. The zero-order chi connectivity index (χ0) is 18.7. The molecule has 2 rings (SSSR count). The molecule has 5 heteroatoms. The van der Waals surface area contributed by atoms with Crippen LogP contribution in [0.4, 0.5) is 4.79 Å². The highest BCUT2D eigenvalue weighted by Crippen LogP contribution is 2.21. The first-order valence-corrected chi connectivity index (χ1v) is 8.81. The van der Waals surface area contributed by atoms with Crippen LogP contribution in [0.25, 0.3) is 10.9 Å². The fourth-order valence-electron chi connectivity index (χ4n) is 2.71. The lowest BCUT2D eigenvalue weighted by atomic mass is 9.86. The number of aromatic amines is 1. The van der Waals surface area contributed by atoms with Crippen LogP contribution in [0.15, 0.2) is 30.5 Å². The van der Waals surface area contributed by atoms with Crippen molar-refractivity contribution in [2.45, 2.75) is 59.7 Å². The van der Waals surface area contributed by atoms with Crippen LogP contribution in [0.2, 0.25) is 0 Å². The summed E-state index contributed by atoms with van der Waals surface area (Å²) in [5.41, 5.74) is 1.88. The highest BCUT2D eigenvalue weighted by molar-refractivity contribution is 5.82. The van der Waals surface area contributed by atoms with E-state index >= 15 is 0 Å². The van der Waals surface area contributed by atoms with Crippen LogP contribution < -0.4 is 10.6 Å². The van der Waals surface area contributed by atoms with Crippen molar-refractivity contribution in [3.8, 4) is 0 Å². The second-order valence-electron chi connectivity index (χ2n) is 8.54. The molecule has 0 spiro atoms. The number of aromatic nitrogens is 1. The molecule has 0 aliphatic rings. The molecule has 1 aromatic heterocycles. The third kappa shape index (κ3) is 5.78. The van der Waals surface area contributed by atoms with Gasteiger partial charge in [0, 0.05) is 30.8 Å². The first kappa shape index (κ1) is 19.3. The number of hydrogen-bond acceptors (Lipinski definition) is 3. The van der Waals surface area contributed by atoms with Crippen molar-refractivity contribution < 1.29 is 9.53 Å². The standard InChI is InChI=1S/C20H31N3O2/c1-19(2,3)16(13-23-18(24)25-20(4,5)6)22-12-15-9-7-8-14-10-11-21-17(14)15/h7-11,16,21-22H,12-13H2,1-6H3,(H,23,24)/t16-/m1/s1. The van der Waals surface area contributed by atoms with Crippen molar-refractivity contribution in [1.82, 2.24) is 15.6 Å². The number of hydrogen-bond donors (Lipinski definition) is 3. The lowest BCUT2D eigenvalue weighted by molar-refractivity contribution is 0.0513. The van der Waals surface area contributed by atoms with Gasteiger partial charge >= 0.3 is 6.09 Å². The van der Waals surface area contributed by atoms with Gasteiger partial charge in [-0.25, -0.2) is 4.79 Å². The number of rotatable bonds is 5. The first-order valence-electron chi connectivity index (χ1n) is 8.81. The number of amides is 1. The number of nitrogens with one attached hydrogen (secondary N) is 3. The number of carbonyl (C=O) groups excluding carboxylic acids is 1. The molecule has 0 radical (unpaired) electrons. The third-order valence-corrected chi connectivity index (χ3v) is 4.11. The maximum Gasteiger partial charge on any atom is 0.407 e. The van der Waals surface area contributed by atoms with E-state index < -0.39 is 5.60 Å². The van der Waals surface area contributed by atoms with Crippen molar-refractivity contribution in [3.63, 3.8) is 0 Å². The number of ether oxygens (including phenoxy) is 1. The monoisotopic (exact) mass is 345 g/mol. The van der Waals surface area contributed by atoms with Crippen LogP contribution >= 0.6 is 0 Å². The molecule has 0 unspecified atom stereocenters. The van der Waals surface area contributed by atoms with E-state index in [9.17, 15) is 4.79 Å². The van der Waals surface area contributed by atoms with Crippen molar-refractivity contribution in [2.75, 3.05) is 6.54 Å². The van der Waals surface area contributed by atoms with Gasteiger partial charge in [-0.2, -0.15) is 0 Å². The van der Waals surface area contributed by atoms with Gasteiger partial charge in [-0.3, -0.25) is 0 Å². The van der Waals surface area contributed by atoms with E-state index in [4.69, 9.17) is 4.74 Å². The quantitative estimate of drug-likeness (QED) is 0.761. The van der Waals surface area contributed by atoms with Gasteiger partial charge in [-0.1, -0.05) is 39.0 Å². The second-order valence-corrected chi connectivity index (χ2v) is 8.54. The molecule has 0 bridgehead atoms. The molecule has 25 heavy (non-hydrogen) atoms. The van der Waals surface area contributed by atoms with Gasteiger partial charge in [0.1, 0.15) is 5.60 Å².